The molecular formula is C14H18N2O5. The van der Waals surface area contributed by atoms with E-state index < -0.39 is 23.6 Å². The van der Waals surface area contributed by atoms with Gasteiger partial charge in [0, 0.05) is 5.56 Å². The molecule has 1 aromatic carbocycles. The van der Waals surface area contributed by atoms with E-state index in [0.29, 0.717) is 5.56 Å². The van der Waals surface area contributed by atoms with Crippen LogP contribution >= 0.6 is 0 Å². The molecule has 0 fully saturated rings. The van der Waals surface area contributed by atoms with E-state index in [0.717, 1.165) is 0 Å². The molecule has 0 unspecified atom stereocenters. The van der Waals surface area contributed by atoms with Crippen LogP contribution in [0.25, 0.3) is 0 Å². The van der Waals surface area contributed by atoms with Gasteiger partial charge in [-0.25, -0.2) is 10.2 Å². The number of amides is 2. The van der Waals surface area contributed by atoms with Crippen LogP contribution in [0.4, 0.5) is 4.79 Å². The zero-order valence-corrected chi connectivity index (χ0v) is 12.1. The van der Waals surface area contributed by atoms with E-state index in [-0.39, 0.29) is 12.0 Å². The van der Waals surface area contributed by atoms with Gasteiger partial charge >= 0.3 is 12.1 Å². The number of rotatable bonds is 3. The number of hydrazine groups is 1. The van der Waals surface area contributed by atoms with E-state index in [4.69, 9.17) is 9.84 Å². The zero-order chi connectivity index (χ0) is 16.0. The second-order valence-electron chi connectivity index (χ2n) is 5.35. The smallest absolute Gasteiger partial charge is 0.426 e. The second kappa shape index (κ2) is 6.74. The molecule has 0 saturated heterocycles. The molecule has 0 spiro atoms. The van der Waals surface area contributed by atoms with Crippen molar-refractivity contribution >= 4 is 18.0 Å². The Bertz CT molecular complexity index is 549. The third kappa shape index (κ3) is 6.42. The third-order valence-corrected chi connectivity index (χ3v) is 2.22. The lowest BCUT2D eigenvalue weighted by Crippen LogP contribution is -2.44. The SMILES string of the molecule is CC(C)(C)OC(=O)NNC(=O)c1cccc(CC(=O)O)c1. The highest BCUT2D eigenvalue weighted by atomic mass is 16.6. The van der Waals surface area contributed by atoms with Crippen molar-refractivity contribution in [2.45, 2.75) is 32.8 Å². The Morgan fingerprint density at radius 2 is 1.86 bits per heavy atom. The molecule has 21 heavy (non-hydrogen) atoms. The summed E-state index contributed by atoms with van der Waals surface area (Å²) in [6.45, 7) is 5.09. The summed E-state index contributed by atoms with van der Waals surface area (Å²) in [6.07, 6.45) is -0.960. The maximum atomic E-state index is 11.8. The van der Waals surface area contributed by atoms with Gasteiger partial charge in [0.2, 0.25) is 0 Å². The average Bonchev–Trinajstić information content (AvgIpc) is 2.33. The van der Waals surface area contributed by atoms with E-state index in [9.17, 15) is 14.4 Å². The lowest BCUT2D eigenvalue weighted by atomic mass is 10.1. The molecule has 0 heterocycles. The van der Waals surface area contributed by atoms with Crippen molar-refractivity contribution in [2.24, 2.45) is 0 Å². The molecule has 1 aromatic rings. The molecule has 1 rings (SSSR count). The highest BCUT2D eigenvalue weighted by molar-refractivity contribution is 5.95. The van der Waals surface area contributed by atoms with Crippen LogP contribution in [0.1, 0.15) is 36.7 Å². The molecule has 7 nitrogen and oxygen atoms in total. The number of hydrogen-bond donors (Lipinski definition) is 3. The Morgan fingerprint density at radius 3 is 2.43 bits per heavy atom. The van der Waals surface area contributed by atoms with Crippen molar-refractivity contribution in [2.75, 3.05) is 0 Å². The number of hydrogen-bond acceptors (Lipinski definition) is 4. The van der Waals surface area contributed by atoms with Crippen LogP contribution in [0.15, 0.2) is 24.3 Å². The summed E-state index contributed by atoms with van der Waals surface area (Å²) in [5.41, 5.74) is 4.37. The van der Waals surface area contributed by atoms with Gasteiger partial charge in [-0.1, -0.05) is 12.1 Å². The molecule has 2 amide bonds. The largest absolute Gasteiger partial charge is 0.481 e. The molecule has 0 atom stereocenters. The van der Waals surface area contributed by atoms with Crippen molar-refractivity contribution in [3.8, 4) is 0 Å². The number of ether oxygens (including phenoxy) is 1. The van der Waals surface area contributed by atoms with Gasteiger partial charge in [0.15, 0.2) is 0 Å². The summed E-state index contributed by atoms with van der Waals surface area (Å²) >= 11 is 0. The zero-order valence-electron chi connectivity index (χ0n) is 12.1. The Labute approximate surface area is 122 Å². The molecule has 0 bridgehead atoms. The molecule has 0 aliphatic heterocycles. The Kier molecular flexibility index (Phi) is 5.29. The highest BCUT2D eigenvalue weighted by Crippen LogP contribution is 2.07. The fraction of sp³-hybridized carbons (Fsp3) is 0.357. The van der Waals surface area contributed by atoms with E-state index in [2.05, 4.69) is 10.9 Å². The molecule has 114 valence electrons. The normalized spacial score (nSPS) is 10.6. The number of aliphatic carboxylic acids is 1. The standard InChI is InChI=1S/C14H18N2O5/c1-14(2,3)21-13(20)16-15-12(19)10-6-4-5-9(7-10)8-11(17)18/h4-7H,8H2,1-3H3,(H,15,19)(H,16,20)(H,17,18). The van der Waals surface area contributed by atoms with Crippen LogP contribution in [0.2, 0.25) is 0 Å². The number of carboxylic acids is 1. The average molecular weight is 294 g/mol. The molecule has 0 radical (unpaired) electrons. The van der Waals surface area contributed by atoms with Crippen LogP contribution < -0.4 is 10.9 Å². The molecule has 0 aliphatic rings. The number of benzene rings is 1. The summed E-state index contributed by atoms with van der Waals surface area (Å²) < 4.78 is 4.96. The van der Waals surface area contributed by atoms with Crippen LogP contribution in [0, 0.1) is 0 Å². The van der Waals surface area contributed by atoms with Gasteiger partial charge in [-0.05, 0) is 38.5 Å². The number of carbonyl (C=O) groups is 3. The molecule has 7 heteroatoms. The lowest BCUT2D eigenvalue weighted by molar-refractivity contribution is -0.136. The van der Waals surface area contributed by atoms with Crippen LogP contribution in [-0.4, -0.2) is 28.7 Å². The molecule has 3 N–H and O–H groups in total. The first-order chi connectivity index (χ1) is 9.67. The minimum Gasteiger partial charge on any atom is -0.481 e. The maximum Gasteiger partial charge on any atom is 0.426 e. The molecular weight excluding hydrogens is 276 g/mol. The van der Waals surface area contributed by atoms with Gasteiger partial charge in [-0.15, -0.1) is 0 Å². The summed E-state index contributed by atoms with van der Waals surface area (Å²) in [7, 11) is 0. The van der Waals surface area contributed by atoms with Gasteiger partial charge in [0.25, 0.3) is 5.91 Å². The Hall–Kier alpha value is -2.57. The first-order valence-corrected chi connectivity index (χ1v) is 6.27. The third-order valence-electron chi connectivity index (χ3n) is 2.22. The number of carbonyl (C=O) groups excluding carboxylic acids is 2. The summed E-state index contributed by atoms with van der Waals surface area (Å²) in [6, 6.07) is 6.13. The number of carboxylic acid groups (broad SMARTS) is 1. The fourth-order valence-corrected chi connectivity index (χ4v) is 1.48. The maximum absolute atomic E-state index is 11.8. The van der Waals surface area contributed by atoms with Crippen LogP contribution in [-0.2, 0) is 16.0 Å². The highest BCUT2D eigenvalue weighted by Gasteiger charge is 2.16. The second-order valence-corrected chi connectivity index (χ2v) is 5.35. The predicted molar refractivity (Wildman–Crippen MR) is 74.6 cm³/mol. The van der Waals surface area contributed by atoms with E-state index in [1.165, 1.54) is 12.1 Å². The van der Waals surface area contributed by atoms with E-state index in [1.54, 1.807) is 32.9 Å². The lowest BCUT2D eigenvalue weighted by Gasteiger charge is -2.19. The summed E-state index contributed by atoms with van der Waals surface area (Å²) in [5.74, 6) is -1.55. The van der Waals surface area contributed by atoms with Crippen LogP contribution in [0.5, 0.6) is 0 Å². The predicted octanol–water partition coefficient (Wildman–Crippen LogP) is 1.48. The molecule has 0 saturated carbocycles. The Morgan fingerprint density at radius 1 is 1.19 bits per heavy atom. The van der Waals surface area contributed by atoms with Gasteiger partial charge in [0.05, 0.1) is 6.42 Å². The fourth-order valence-electron chi connectivity index (χ4n) is 1.48. The summed E-state index contributed by atoms with van der Waals surface area (Å²) in [5, 5.41) is 8.71. The minimum atomic E-state index is -0.987. The van der Waals surface area contributed by atoms with Crippen molar-refractivity contribution in [3.63, 3.8) is 0 Å². The number of nitrogens with one attached hydrogen (secondary N) is 2. The summed E-state index contributed by atoms with van der Waals surface area (Å²) in [4.78, 5) is 33.8. The van der Waals surface area contributed by atoms with Crippen molar-refractivity contribution in [3.05, 3.63) is 35.4 Å². The van der Waals surface area contributed by atoms with Crippen molar-refractivity contribution < 1.29 is 24.2 Å². The van der Waals surface area contributed by atoms with E-state index >= 15 is 0 Å². The van der Waals surface area contributed by atoms with Crippen molar-refractivity contribution in [1.82, 2.24) is 10.9 Å². The van der Waals surface area contributed by atoms with Crippen molar-refractivity contribution in [1.29, 1.82) is 0 Å². The minimum absolute atomic E-state index is 0.180. The van der Waals surface area contributed by atoms with Gasteiger partial charge in [-0.2, -0.15) is 0 Å². The molecule has 0 aromatic heterocycles. The molecule has 0 aliphatic carbocycles. The Balaban J connectivity index is 2.60. The monoisotopic (exact) mass is 294 g/mol. The van der Waals surface area contributed by atoms with Gasteiger partial charge in [0.1, 0.15) is 5.60 Å². The first kappa shape index (κ1) is 16.5. The van der Waals surface area contributed by atoms with Gasteiger partial charge in [-0.3, -0.25) is 15.0 Å². The van der Waals surface area contributed by atoms with Crippen LogP contribution in [0.3, 0.4) is 0 Å². The topological polar surface area (TPSA) is 105 Å². The first-order valence-electron chi connectivity index (χ1n) is 6.27. The van der Waals surface area contributed by atoms with Gasteiger partial charge < -0.3 is 9.84 Å². The quantitative estimate of drug-likeness (QED) is 0.732. The van der Waals surface area contributed by atoms with E-state index in [1.807, 2.05) is 0 Å².